The Bertz CT molecular complexity index is 763. The number of amides is 1. The van der Waals surface area contributed by atoms with Gasteiger partial charge in [0.2, 0.25) is 5.91 Å². The van der Waals surface area contributed by atoms with Crippen molar-refractivity contribution in [2.24, 2.45) is 0 Å². The van der Waals surface area contributed by atoms with E-state index in [0.717, 1.165) is 11.1 Å². The second-order valence-electron chi connectivity index (χ2n) is 6.29. The molecule has 0 aliphatic carbocycles. The third-order valence-corrected chi connectivity index (χ3v) is 4.62. The summed E-state index contributed by atoms with van der Waals surface area (Å²) in [5.74, 6) is -0.333. The number of carbonyl (C=O) groups excluding carboxylic acids is 1. The van der Waals surface area contributed by atoms with Crippen LogP contribution in [0.4, 0.5) is 10.1 Å². The molecule has 2 aromatic carbocycles. The van der Waals surface area contributed by atoms with E-state index in [1.165, 1.54) is 6.07 Å². The van der Waals surface area contributed by atoms with Gasteiger partial charge in [-0.3, -0.25) is 4.79 Å². The Kier molecular flexibility index (Phi) is 6.47. The van der Waals surface area contributed by atoms with Crippen LogP contribution < -0.4 is 10.2 Å². The van der Waals surface area contributed by atoms with Gasteiger partial charge in [-0.05, 0) is 41.8 Å². The number of morpholine rings is 1. The van der Waals surface area contributed by atoms with Gasteiger partial charge in [0.05, 0.1) is 18.9 Å². The molecule has 1 aliphatic heterocycles. The van der Waals surface area contributed by atoms with Crippen LogP contribution in [0.1, 0.15) is 17.5 Å². The van der Waals surface area contributed by atoms with E-state index >= 15 is 0 Å². The molecule has 6 heteroatoms. The van der Waals surface area contributed by atoms with E-state index in [1.807, 2.05) is 29.2 Å². The maximum atomic E-state index is 14.4. The van der Waals surface area contributed by atoms with Crippen LogP contribution in [0.5, 0.6) is 0 Å². The molecule has 2 aromatic rings. The lowest BCUT2D eigenvalue weighted by atomic mass is 10.1. The van der Waals surface area contributed by atoms with Gasteiger partial charge in [0.15, 0.2) is 0 Å². The van der Waals surface area contributed by atoms with Crippen molar-refractivity contribution in [3.05, 3.63) is 64.4 Å². The second-order valence-corrected chi connectivity index (χ2v) is 6.73. The molecule has 1 N–H and O–H groups in total. The van der Waals surface area contributed by atoms with Gasteiger partial charge in [-0.2, -0.15) is 0 Å². The Hall–Kier alpha value is -2.11. The number of hydrogen-bond donors (Lipinski definition) is 1. The molecule has 0 unspecified atom stereocenters. The van der Waals surface area contributed by atoms with Crippen molar-refractivity contribution < 1.29 is 13.9 Å². The fraction of sp³-hybridized carbons (Fsp3) is 0.350. The van der Waals surface area contributed by atoms with Gasteiger partial charge in [0, 0.05) is 31.1 Å². The lowest BCUT2D eigenvalue weighted by Crippen LogP contribution is -2.36. The molecule has 1 saturated heterocycles. The second kappa shape index (κ2) is 9.01. The topological polar surface area (TPSA) is 41.6 Å². The Labute approximate surface area is 157 Å². The first-order chi connectivity index (χ1) is 12.6. The summed E-state index contributed by atoms with van der Waals surface area (Å²) >= 11 is 5.94. The molecule has 1 fully saturated rings. The van der Waals surface area contributed by atoms with Crippen molar-refractivity contribution in [3.63, 3.8) is 0 Å². The van der Waals surface area contributed by atoms with Crippen LogP contribution >= 0.6 is 11.6 Å². The van der Waals surface area contributed by atoms with E-state index in [2.05, 4.69) is 5.32 Å². The Balaban J connectivity index is 1.49. The molecule has 0 saturated carbocycles. The number of nitrogens with zero attached hydrogens (tertiary/aromatic N) is 1. The molecule has 3 rings (SSSR count). The monoisotopic (exact) mass is 376 g/mol. The lowest BCUT2D eigenvalue weighted by Gasteiger charge is -2.29. The smallest absolute Gasteiger partial charge is 0.220 e. The Morgan fingerprint density at radius 1 is 1.15 bits per heavy atom. The molecule has 0 radical (unpaired) electrons. The van der Waals surface area contributed by atoms with Crippen LogP contribution in [0.15, 0.2) is 42.5 Å². The van der Waals surface area contributed by atoms with Crippen LogP contribution in [0.25, 0.3) is 0 Å². The highest BCUT2D eigenvalue weighted by Gasteiger charge is 2.15. The summed E-state index contributed by atoms with van der Waals surface area (Å²) in [7, 11) is 0. The zero-order valence-electron chi connectivity index (χ0n) is 14.5. The first-order valence-electron chi connectivity index (χ1n) is 8.74. The first-order valence-corrected chi connectivity index (χ1v) is 9.12. The van der Waals surface area contributed by atoms with E-state index < -0.39 is 0 Å². The van der Waals surface area contributed by atoms with E-state index in [4.69, 9.17) is 16.3 Å². The molecule has 1 aliphatic rings. The van der Waals surface area contributed by atoms with Crippen LogP contribution in [-0.2, 0) is 22.5 Å². The molecule has 4 nitrogen and oxygen atoms in total. The first kappa shape index (κ1) is 18.7. The maximum Gasteiger partial charge on any atom is 0.220 e. The van der Waals surface area contributed by atoms with Crippen molar-refractivity contribution in [2.75, 3.05) is 31.2 Å². The molecule has 0 spiro atoms. The maximum absolute atomic E-state index is 14.4. The van der Waals surface area contributed by atoms with Crippen molar-refractivity contribution in [3.8, 4) is 0 Å². The number of halogens is 2. The van der Waals surface area contributed by atoms with Gasteiger partial charge in [-0.1, -0.05) is 29.8 Å². The highest BCUT2D eigenvalue weighted by molar-refractivity contribution is 6.30. The number of hydrogen-bond acceptors (Lipinski definition) is 3. The average Bonchev–Trinajstić information content (AvgIpc) is 2.65. The van der Waals surface area contributed by atoms with Gasteiger partial charge in [0.25, 0.3) is 0 Å². The molecule has 0 atom stereocenters. The number of rotatable bonds is 6. The quantitative estimate of drug-likeness (QED) is 0.838. The van der Waals surface area contributed by atoms with Crippen molar-refractivity contribution in [1.82, 2.24) is 5.32 Å². The number of benzene rings is 2. The average molecular weight is 377 g/mol. The van der Waals surface area contributed by atoms with Crippen LogP contribution in [-0.4, -0.2) is 32.2 Å². The number of anilines is 1. The zero-order chi connectivity index (χ0) is 18.4. The van der Waals surface area contributed by atoms with E-state index in [9.17, 15) is 9.18 Å². The standard InChI is InChI=1S/C20H22ClFN2O2/c21-17-3-1-2-15(12-17)5-7-20(25)23-14-16-4-6-19(18(22)13-16)24-8-10-26-11-9-24/h1-4,6,12-13H,5,7-11,14H2,(H,23,25). The number of nitrogens with one attached hydrogen (secondary N) is 1. The highest BCUT2D eigenvalue weighted by atomic mass is 35.5. The summed E-state index contributed by atoms with van der Waals surface area (Å²) in [5, 5.41) is 3.50. The van der Waals surface area contributed by atoms with E-state index in [0.29, 0.717) is 56.4 Å². The fourth-order valence-corrected chi connectivity index (χ4v) is 3.17. The molecule has 0 bridgehead atoms. The van der Waals surface area contributed by atoms with E-state index in [1.54, 1.807) is 12.1 Å². The van der Waals surface area contributed by atoms with Crippen molar-refractivity contribution in [1.29, 1.82) is 0 Å². The predicted octanol–water partition coefficient (Wildman–Crippen LogP) is 3.56. The Morgan fingerprint density at radius 3 is 2.69 bits per heavy atom. The van der Waals surface area contributed by atoms with Gasteiger partial charge in [-0.25, -0.2) is 4.39 Å². The molecule has 1 amide bonds. The van der Waals surface area contributed by atoms with Crippen molar-refractivity contribution in [2.45, 2.75) is 19.4 Å². The molecule has 0 aromatic heterocycles. The fourth-order valence-electron chi connectivity index (χ4n) is 2.96. The van der Waals surface area contributed by atoms with Crippen molar-refractivity contribution >= 4 is 23.2 Å². The summed E-state index contributed by atoms with van der Waals surface area (Å²) in [4.78, 5) is 14.0. The molecule has 1 heterocycles. The highest BCUT2D eigenvalue weighted by Crippen LogP contribution is 2.21. The molecular formula is C20H22ClFN2O2. The molecule has 138 valence electrons. The van der Waals surface area contributed by atoms with Gasteiger partial charge >= 0.3 is 0 Å². The molecular weight excluding hydrogens is 355 g/mol. The van der Waals surface area contributed by atoms with E-state index in [-0.39, 0.29) is 11.7 Å². The summed E-state index contributed by atoms with van der Waals surface area (Å²) in [6, 6.07) is 12.6. The van der Waals surface area contributed by atoms with Gasteiger partial charge in [-0.15, -0.1) is 0 Å². The minimum Gasteiger partial charge on any atom is -0.378 e. The predicted molar refractivity (Wildman–Crippen MR) is 101 cm³/mol. The normalized spacial score (nSPS) is 14.3. The largest absolute Gasteiger partial charge is 0.378 e. The SMILES string of the molecule is O=C(CCc1cccc(Cl)c1)NCc1ccc(N2CCOCC2)c(F)c1. The van der Waals surface area contributed by atoms with Crippen LogP contribution in [0, 0.1) is 5.82 Å². The third-order valence-electron chi connectivity index (χ3n) is 4.38. The summed E-state index contributed by atoms with van der Waals surface area (Å²) < 4.78 is 19.7. The zero-order valence-corrected chi connectivity index (χ0v) is 15.3. The minimum absolute atomic E-state index is 0.0670. The number of aryl methyl sites for hydroxylation is 1. The third kappa shape index (κ3) is 5.19. The lowest BCUT2D eigenvalue weighted by molar-refractivity contribution is -0.121. The number of ether oxygens (including phenoxy) is 1. The minimum atomic E-state index is -0.266. The van der Waals surface area contributed by atoms with Crippen LogP contribution in [0.3, 0.4) is 0 Å². The number of carbonyl (C=O) groups is 1. The van der Waals surface area contributed by atoms with Crippen LogP contribution in [0.2, 0.25) is 5.02 Å². The van der Waals surface area contributed by atoms with Gasteiger partial charge < -0.3 is 15.0 Å². The summed E-state index contributed by atoms with van der Waals surface area (Å²) in [5.41, 5.74) is 2.36. The summed E-state index contributed by atoms with van der Waals surface area (Å²) in [6.45, 7) is 2.93. The van der Waals surface area contributed by atoms with Gasteiger partial charge in [0.1, 0.15) is 5.82 Å². The molecule has 26 heavy (non-hydrogen) atoms. The summed E-state index contributed by atoms with van der Waals surface area (Å²) in [6.07, 6.45) is 0.991. The Morgan fingerprint density at radius 2 is 1.96 bits per heavy atom.